The minimum absolute atomic E-state index is 0.267. The molecule has 0 spiro atoms. The molecule has 0 radical (unpaired) electrons. The van der Waals surface area contributed by atoms with E-state index < -0.39 is 0 Å². The predicted octanol–water partition coefficient (Wildman–Crippen LogP) is 6.60. The maximum atomic E-state index is 13.3. The molecular weight excluding hydrogens is 454 g/mol. The standard InChI is InChI=1S/C25H28BrN3O2/c1-3-4-5-6-9-16-31-24(30)22-17(2)27-25-28-20-10-7-8-11-21(20)29(25)23(22)18-12-14-19(26)15-13-18/h7-8,10-15,23H,3-6,9,16H2,1-2H3,(H,27,28)/t23-/m1/s1. The number of ether oxygens (including phenoxy) is 1. The van der Waals surface area contributed by atoms with E-state index in [9.17, 15) is 4.79 Å². The molecule has 0 saturated heterocycles. The Bertz CT molecular complexity index is 1100. The molecule has 0 bridgehead atoms. The number of unbranched alkanes of at least 4 members (excludes halogenated alkanes) is 4. The normalized spacial score (nSPS) is 15.6. The number of halogens is 1. The lowest BCUT2D eigenvalue weighted by Gasteiger charge is -2.30. The summed E-state index contributed by atoms with van der Waals surface area (Å²) in [7, 11) is 0. The average molecular weight is 482 g/mol. The Labute approximate surface area is 191 Å². The number of rotatable bonds is 8. The number of esters is 1. The van der Waals surface area contributed by atoms with E-state index in [0.717, 1.165) is 45.6 Å². The fourth-order valence-electron chi connectivity index (χ4n) is 4.14. The first-order chi connectivity index (χ1) is 15.1. The van der Waals surface area contributed by atoms with Crippen LogP contribution in [0.3, 0.4) is 0 Å². The summed E-state index contributed by atoms with van der Waals surface area (Å²) in [4.78, 5) is 18.0. The first-order valence-corrected chi connectivity index (χ1v) is 11.8. The van der Waals surface area contributed by atoms with E-state index in [2.05, 4.69) is 32.7 Å². The maximum Gasteiger partial charge on any atom is 0.338 e. The molecule has 0 unspecified atom stereocenters. The molecule has 0 saturated carbocycles. The number of hydrogen-bond acceptors (Lipinski definition) is 4. The number of nitrogens with one attached hydrogen (secondary N) is 1. The molecule has 162 valence electrons. The van der Waals surface area contributed by atoms with Crippen LogP contribution >= 0.6 is 15.9 Å². The Balaban J connectivity index is 1.67. The zero-order valence-electron chi connectivity index (χ0n) is 18.0. The van der Waals surface area contributed by atoms with Crippen LogP contribution in [-0.4, -0.2) is 22.1 Å². The van der Waals surface area contributed by atoms with Gasteiger partial charge in [0, 0.05) is 10.2 Å². The van der Waals surface area contributed by atoms with Gasteiger partial charge in [-0.05, 0) is 43.2 Å². The van der Waals surface area contributed by atoms with Crippen molar-refractivity contribution >= 4 is 38.9 Å². The van der Waals surface area contributed by atoms with Crippen molar-refractivity contribution in [3.63, 3.8) is 0 Å². The van der Waals surface area contributed by atoms with Crippen molar-refractivity contribution in [3.05, 3.63) is 69.8 Å². The molecule has 5 nitrogen and oxygen atoms in total. The number of anilines is 1. The average Bonchev–Trinajstić information content (AvgIpc) is 3.13. The second kappa shape index (κ2) is 9.69. The molecule has 2 aromatic carbocycles. The summed E-state index contributed by atoms with van der Waals surface area (Å²) in [5, 5.41) is 3.33. The number of aromatic nitrogens is 2. The third-order valence-electron chi connectivity index (χ3n) is 5.72. The van der Waals surface area contributed by atoms with E-state index in [1.807, 2.05) is 55.5 Å². The summed E-state index contributed by atoms with van der Waals surface area (Å²) >= 11 is 3.51. The fraction of sp³-hybridized carbons (Fsp3) is 0.360. The highest BCUT2D eigenvalue weighted by atomic mass is 79.9. The Hall–Kier alpha value is -2.60. The van der Waals surface area contributed by atoms with Gasteiger partial charge < -0.3 is 10.1 Å². The van der Waals surface area contributed by atoms with E-state index in [1.165, 1.54) is 19.3 Å². The van der Waals surface area contributed by atoms with Crippen LogP contribution in [0.4, 0.5) is 5.95 Å². The van der Waals surface area contributed by atoms with Crippen molar-refractivity contribution in [1.29, 1.82) is 0 Å². The number of nitrogens with zero attached hydrogens (tertiary/aromatic N) is 2. The monoisotopic (exact) mass is 481 g/mol. The first kappa shape index (κ1) is 21.6. The molecule has 2 heterocycles. The fourth-order valence-corrected chi connectivity index (χ4v) is 4.40. The number of hydrogen-bond donors (Lipinski definition) is 1. The molecule has 3 aromatic rings. The van der Waals surface area contributed by atoms with E-state index >= 15 is 0 Å². The molecule has 6 heteroatoms. The van der Waals surface area contributed by atoms with Gasteiger partial charge in [-0.2, -0.15) is 0 Å². The van der Waals surface area contributed by atoms with Crippen LogP contribution in [0.1, 0.15) is 57.6 Å². The lowest BCUT2D eigenvalue weighted by Crippen LogP contribution is -2.29. The summed E-state index contributed by atoms with van der Waals surface area (Å²) in [5.74, 6) is 0.472. The number of fused-ring (bicyclic) bond motifs is 3. The largest absolute Gasteiger partial charge is 0.462 e. The van der Waals surface area contributed by atoms with Gasteiger partial charge in [0.25, 0.3) is 0 Å². The van der Waals surface area contributed by atoms with Crippen LogP contribution in [0.5, 0.6) is 0 Å². The SMILES string of the molecule is CCCCCCCOC(=O)C1=C(C)Nc2nc3ccccc3n2[C@@H]1c1ccc(Br)cc1. The molecule has 1 atom stereocenters. The highest BCUT2D eigenvalue weighted by Gasteiger charge is 2.34. The molecule has 1 aliphatic heterocycles. The van der Waals surface area contributed by atoms with Crippen molar-refractivity contribution in [1.82, 2.24) is 9.55 Å². The summed E-state index contributed by atoms with van der Waals surface area (Å²) in [6.45, 7) is 4.57. The molecule has 1 aromatic heterocycles. The van der Waals surface area contributed by atoms with E-state index in [4.69, 9.17) is 9.72 Å². The Morgan fingerprint density at radius 2 is 1.84 bits per heavy atom. The van der Waals surface area contributed by atoms with Crippen molar-refractivity contribution < 1.29 is 9.53 Å². The summed E-state index contributed by atoms with van der Waals surface area (Å²) in [5.41, 5.74) is 4.31. The number of carbonyl (C=O) groups is 1. The van der Waals surface area contributed by atoms with Crippen molar-refractivity contribution in [2.75, 3.05) is 11.9 Å². The topological polar surface area (TPSA) is 56.1 Å². The summed E-state index contributed by atoms with van der Waals surface area (Å²) in [6, 6.07) is 15.8. The minimum atomic E-state index is -0.302. The van der Waals surface area contributed by atoms with Gasteiger partial charge in [-0.3, -0.25) is 4.57 Å². The molecule has 4 rings (SSSR count). The molecular formula is C25H28BrN3O2. The Kier molecular flexibility index (Phi) is 6.76. The second-order valence-corrected chi connectivity index (χ2v) is 8.88. The van der Waals surface area contributed by atoms with Crippen LogP contribution in [-0.2, 0) is 9.53 Å². The maximum absolute atomic E-state index is 13.3. The second-order valence-electron chi connectivity index (χ2n) is 7.96. The van der Waals surface area contributed by atoms with Crippen LogP contribution < -0.4 is 5.32 Å². The molecule has 0 aliphatic carbocycles. The van der Waals surface area contributed by atoms with Crippen LogP contribution in [0.15, 0.2) is 64.3 Å². The third kappa shape index (κ3) is 4.54. The zero-order chi connectivity index (χ0) is 21.8. The van der Waals surface area contributed by atoms with Gasteiger partial charge in [-0.25, -0.2) is 9.78 Å². The van der Waals surface area contributed by atoms with Gasteiger partial charge in [0.05, 0.1) is 29.3 Å². The van der Waals surface area contributed by atoms with Gasteiger partial charge in [-0.15, -0.1) is 0 Å². The molecule has 1 aliphatic rings. The highest BCUT2D eigenvalue weighted by Crippen LogP contribution is 2.39. The van der Waals surface area contributed by atoms with Crippen LogP contribution in [0, 0.1) is 0 Å². The Morgan fingerprint density at radius 1 is 1.10 bits per heavy atom. The number of carbonyl (C=O) groups excluding carboxylic acids is 1. The van der Waals surface area contributed by atoms with Gasteiger partial charge in [0.2, 0.25) is 5.95 Å². The molecule has 0 fully saturated rings. The zero-order valence-corrected chi connectivity index (χ0v) is 19.6. The molecule has 1 N–H and O–H groups in total. The van der Waals surface area contributed by atoms with Gasteiger partial charge in [-0.1, -0.05) is 72.8 Å². The lowest BCUT2D eigenvalue weighted by molar-refractivity contribution is -0.139. The van der Waals surface area contributed by atoms with E-state index in [1.54, 1.807) is 0 Å². The minimum Gasteiger partial charge on any atom is -0.462 e. The lowest BCUT2D eigenvalue weighted by atomic mass is 9.95. The van der Waals surface area contributed by atoms with Crippen molar-refractivity contribution in [2.24, 2.45) is 0 Å². The summed E-state index contributed by atoms with van der Waals surface area (Å²) in [6.07, 6.45) is 5.60. The van der Waals surface area contributed by atoms with Gasteiger partial charge >= 0.3 is 5.97 Å². The third-order valence-corrected chi connectivity index (χ3v) is 6.25. The van der Waals surface area contributed by atoms with Gasteiger partial charge in [0.1, 0.15) is 0 Å². The van der Waals surface area contributed by atoms with E-state index in [-0.39, 0.29) is 12.0 Å². The van der Waals surface area contributed by atoms with Crippen molar-refractivity contribution in [3.8, 4) is 0 Å². The predicted molar refractivity (Wildman–Crippen MR) is 128 cm³/mol. The first-order valence-electron chi connectivity index (χ1n) is 11.0. The number of imidazole rings is 1. The van der Waals surface area contributed by atoms with Crippen molar-refractivity contribution in [2.45, 2.75) is 52.0 Å². The van der Waals surface area contributed by atoms with E-state index in [0.29, 0.717) is 12.2 Å². The van der Waals surface area contributed by atoms with Gasteiger partial charge in [0.15, 0.2) is 0 Å². The molecule has 31 heavy (non-hydrogen) atoms. The Morgan fingerprint density at radius 3 is 2.61 bits per heavy atom. The van der Waals surface area contributed by atoms with Crippen LogP contribution in [0.25, 0.3) is 11.0 Å². The smallest absolute Gasteiger partial charge is 0.338 e. The number of allylic oxidation sites excluding steroid dienone is 1. The molecule has 0 amide bonds. The summed E-state index contributed by atoms with van der Waals surface area (Å²) < 4.78 is 8.83. The number of benzene rings is 2. The number of para-hydroxylation sites is 2. The highest BCUT2D eigenvalue weighted by molar-refractivity contribution is 9.10. The van der Waals surface area contributed by atoms with Crippen LogP contribution in [0.2, 0.25) is 0 Å². The quantitative estimate of drug-likeness (QED) is 0.290.